The molecule has 44 heavy (non-hydrogen) atoms. The predicted octanol–water partition coefficient (Wildman–Crippen LogP) is 10.6. The summed E-state index contributed by atoms with van der Waals surface area (Å²) in [6, 6.07) is 46.9. The van der Waals surface area contributed by atoms with E-state index >= 15 is 0 Å². The average Bonchev–Trinajstić information content (AvgIpc) is 3.12. The van der Waals surface area contributed by atoms with Gasteiger partial charge in [-0.3, -0.25) is 0 Å². The Balaban J connectivity index is 1.21. The average molecular weight is 564 g/mol. The molecule has 8 rings (SSSR count). The molecule has 0 atom stereocenters. The molecule has 0 radical (unpaired) electrons. The van der Waals surface area contributed by atoms with Crippen LogP contribution in [0.3, 0.4) is 0 Å². The number of aromatic nitrogens is 3. The van der Waals surface area contributed by atoms with E-state index in [0.29, 0.717) is 17.5 Å². The summed E-state index contributed by atoms with van der Waals surface area (Å²) in [5, 5.41) is 5.02. The SMILES string of the molecule is C1=CCCC(c2ccc(-c3nc(-c4ccccc4)nc(-c4ccc(-c5cc6ccccc6c6ccccc56)cc4)n3)cc2)=C1. The molecule has 1 aliphatic rings. The summed E-state index contributed by atoms with van der Waals surface area (Å²) in [7, 11) is 0. The van der Waals surface area contributed by atoms with Gasteiger partial charge in [-0.05, 0) is 62.7 Å². The minimum atomic E-state index is 0.660. The van der Waals surface area contributed by atoms with Crippen LogP contribution in [-0.2, 0) is 0 Å². The van der Waals surface area contributed by atoms with Gasteiger partial charge in [-0.2, -0.15) is 0 Å². The maximum atomic E-state index is 4.99. The van der Waals surface area contributed by atoms with Crippen molar-refractivity contribution in [2.24, 2.45) is 0 Å². The topological polar surface area (TPSA) is 38.7 Å². The highest BCUT2D eigenvalue weighted by atomic mass is 15.0. The van der Waals surface area contributed by atoms with E-state index < -0.39 is 0 Å². The van der Waals surface area contributed by atoms with Crippen LogP contribution in [0.2, 0.25) is 0 Å². The third-order valence-corrected chi connectivity index (χ3v) is 8.42. The summed E-state index contributed by atoms with van der Waals surface area (Å²) < 4.78 is 0. The lowest BCUT2D eigenvalue weighted by atomic mass is 9.93. The van der Waals surface area contributed by atoms with Crippen LogP contribution in [0.4, 0.5) is 0 Å². The number of benzene rings is 6. The number of nitrogens with zero attached hydrogens (tertiary/aromatic N) is 3. The van der Waals surface area contributed by atoms with E-state index in [1.807, 2.05) is 30.3 Å². The first-order valence-corrected chi connectivity index (χ1v) is 15.1. The normalized spacial score (nSPS) is 12.9. The molecule has 0 N–H and O–H groups in total. The summed E-state index contributed by atoms with van der Waals surface area (Å²) in [6.07, 6.45) is 8.71. The van der Waals surface area contributed by atoms with Gasteiger partial charge in [0.2, 0.25) is 0 Å². The molecular formula is C41H29N3. The molecule has 1 aromatic heterocycles. The van der Waals surface area contributed by atoms with Gasteiger partial charge in [0.25, 0.3) is 0 Å². The Bertz CT molecular complexity index is 2190. The second-order valence-electron chi connectivity index (χ2n) is 11.2. The van der Waals surface area contributed by atoms with Crippen molar-refractivity contribution in [1.29, 1.82) is 0 Å². The van der Waals surface area contributed by atoms with E-state index in [-0.39, 0.29) is 0 Å². The van der Waals surface area contributed by atoms with Gasteiger partial charge in [0.15, 0.2) is 17.5 Å². The lowest BCUT2D eigenvalue weighted by Gasteiger charge is -2.12. The second-order valence-corrected chi connectivity index (χ2v) is 11.2. The van der Waals surface area contributed by atoms with E-state index in [9.17, 15) is 0 Å². The third-order valence-electron chi connectivity index (χ3n) is 8.42. The van der Waals surface area contributed by atoms with Gasteiger partial charge in [-0.25, -0.2) is 15.0 Å². The molecular weight excluding hydrogens is 534 g/mol. The molecule has 3 nitrogen and oxygen atoms in total. The zero-order valence-electron chi connectivity index (χ0n) is 24.2. The molecule has 7 aromatic rings. The molecule has 0 spiro atoms. The molecule has 0 amide bonds. The molecule has 0 saturated carbocycles. The fraction of sp³-hybridized carbons (Fsp3) is 0.0488. The smallest absolute Gasteiger partial charge is 0.164 e. The van der Waals surface area contributed by atoms with Crippen LogP contribution >= 0.6 is 0 Å². The Morgan fingerprint density at radius 1 is 0.432 bits per heavy atom. The fourth-order valence-electron chi connectivity index (χ4n) is 6.12. The van der Waals surface area contributed by atoms with E-state index in [1.165, 1.54) is 38.2 Å². The molecule has 0 aliphatic heterocycles. The van der Waals surface area contributed by atoms with Gasteiger partial charge in [-0.1, -0.05) is 146 Å². The summed E-state index contributed by atoms with van der Waals surface area (Å²) in [5.74, 6) is 2.00. The van der Waals surface area contributed by atoms with Crippen molar-refractivity contribution >= 4 is 27.1 Å². The van der Waals surface area contributed by atoms with Gasteiger partial charge in [0.05, 0.1) is 0 Å². The highest BCUT2D eigenvalue weighted by molar-refractivity contribution is 6.13. The summed E-state index contributed by atoms with van der Waals surface area (Å²) >= 11 is 0. The molecule has 208 valence electrons. The molecule has 3 heteroatoms. The largest absolute Gasteiger partial charge is 0.208 e. The first-order valence-electron chi connectivity index (χ1n) is 15.1. The number of fused-ring (bicyclic) bond motifs is 3. The van der Waals surface area contributed by atoms with Crippen LogP contribution in [-0.4, -0.2) is 15.0 Å². The van der Waals surface area contributed by atoms with Crippen LogP contribution in [0.1, 0.15) is 18.4 Å². The van der Waals surface area contributed by atoms with E-state index in [2.05, 4.69) is 121 Å². The maximum Gasteiger partial charge on any atom is 0.164 e. The molecule has 0 bridgehead atoms. The highest BCUT2D eigenvalue weighted by Crippen LogP contribution is 2.36. The monoisotopic (exact) mass is 563 g/mol. The van der Waals surface area contributed by atoms with Crippen LogP contribution < -0.4 is 0 Å². The Labute approximate surface area is 256 Å². The number of hydrogen-bond acceptors (Lipinski definition) is 3. The highest BCUT2D eigenvalue weighted by Gasteiger charge is 2.14. The zero-order chi connectivity index (χ0) is 29.3. The van der Waals surface area contributed by atoms with Crippen LogP contribution in [0.5, 0.6) is 0 Å². The van der Waals surface area contributed by atoms with Crippen molar-refractivity contribution < 1.29 is 0 Å². The molecule has 0 unspecified atom stereocenters. The standard InChI is InChI=1S/C41H29N3/c1-3-11-28(12-4-1)29-19-23-32(24-20-29)40-42-39(31-13-5-2-6-14-31)43-41(44-40)33-25-21-30(22-26-33)38-27-34-15-7-8-16-35(34)36-17-9-10-18-37(36)38/h1-3,5-11,13-27H,4,12H2. The Morgan fingerprint density at radius 2 is 0.955 bits per heavy atom. The van der Waals surface area contributed by atoms with Crippen LogP contribution in [0.15, 0.2) is 152 Å². The summed E-state index contributed by atoms with van der Waals surface area (Å²) in [4.78, 5) is 14.9. The predicted molar refractivity (Wildman–Crippen MR) is 183 cm³/mol. The number of allylic oxidation sites excluding steroid dienone is 4. The first-order chi connectivity index (χ1) is 21.8. The quantitative estimate of drug-likeness (QED) is 0.196. The van der Waals surface area contributed by atoms with Crippen LogP contribution in [0, 0.1) is 0 Å². The first kappa shape index (κ1) is 26.0. The molecule has 0 saturated heterocycles. The van der Waals surface area contributed by atoms with Crippen molar-refractivity contribution in [3.63, 3.8) is 0 Å². The van der Waals surface area contributed by atoms with Crippen molar-refractivity contribution in [3.05, 3.63) is 157 Å². The minimum Gasteiger partial charge on any atom is -0.208 e. The molecule has 0 fully saturated rings. The third kappa shape index (κ3) is 4.89. The lowest BCUT2D eigenvalue weighted by molar-refractivity contribution is 1.05. The second kappa shape index (κ2) is 11.2. The van der Waals surface area contributed by atoms with Crippen molar-refractivity contribution in [3.8, 4) is 45.3 Å². The van der Waals surface area contributed by atoms with Crippen molar-refractivity contribution in [1.82, 2.24) is 15.0 Å². The summed E-state index contributed by atoms with van der Waals surface area (Å²) in [6.45, 7) is 0. The van der Waals surface area contributed by atoms with Gasteiger partial charge in [0.1, 0.15) is 0 Å². The Kier molecular flexibility index (Phi) is 6.62. The van der Waals surface area contributed by atoms with E-state index in [4.69, 9.17) is 15.0 Å². The molecule has 1 heterocycles. The van der Waals surface area contributed by atoms with Crippen molar-refractivity contribution in [2.75, 3.05) is 0 Å². The van der Waals surface area contributed by atoms with E-state index in [1.54, 1.807) is 0 Å². The van der Waals surface area contributed by atoms with Gasteiger partial charge < -0.3 is 0 Å². The maximum absolute atomic E-state index is 4.99. The van der Waals surface area contributed by atoms with Gasteiger partial charge in [-0.15, -0.1) is 0 Å². The van der Waals surface area contributed by atoms with Gasteiger partial charge in [0, 0.05) is 16.7 Å². The van der Waals surface area contributed by atoms with Crippen LogP contribution in [0.25, 0.3) is 72.4 Å². The Hall–Kier alpha value is -5.67. The summed E-state index contributed by atoms with van der Waals surface area (Å²) in [5.41, 5.74) is 7.88. The lowest BCUT2D eigenvalue weighted by Crippen LogP contribution is -2.00. The number of rotatable bonds is 5. The molecule has 6 aromatic carbocycles. The zero-order valence-corrected chi connectivity index (χ0v) is 24.2. The van der Waals surface area contributed by atoms with Crippen molar-refractivity contribution in [2.45, 2.75) is 12.8 Å². The minimum absolute atomic E-state index is 0.660. The molecule has 1 aliphatic carbocycles. The van der Waals surface area contributed by atoms with Gasteiger partial charge >= 0.3 is 0 Å². The fourth-order valence-corrected chi connectivity index (χ4v) is 6.12. The van der Waals surface area contributed by atoms with E-state index in [0.717, 1.165) is 35.1 Å². The number of hydrogen-bond donors (Lipinski definition) is 0. The Morgan fingerprint density at radius 3 is 1.59 bits per heavy atom.